The molecule has 2 N–H and O–H groups in total. The van der Waals surface area contributed by atoms with E-state index in [1.807, 2.05) is 54.6 Å². The highest BCUT2D eigenvalue weighted by Gasteiger charge is 2.45. The van der Waals surface area contributed by atoms with E-state index in [4.69, 9.17) is 24.7 Å². The Kier molecular flexibility index (Phi) is 9.87. The fraction of sp³-hybridized carbons (Fsp3) is 0.400. The van der Waals surface area contributed by atoms with Crippen LogP contribution in [-0.2, 0) is 38.8 Å². The predicted molar refractivity (Wildman–Crippen MR) is 138 cm³/mol. The van der Waals surface area contributed by atoms with Gasteiger partial charge < -0.3 is 24.7 Å². The quantitative estimate of drug-likeness (QED) is 0.387. The van der Waals surface area contributed by atoms with Crippen LogP contribution in [0.25, 0.3) is 0 Å². The molecule has 0 aromatic heterocycles. The Morgan fingerprint density at radius 3 is 1.66 bits per heavy atom. The molecule has 1 fully saturated rings. The van der Waals surface area contributed by atoms with Crippen molar-refractivity contribution >= 4 is 0 Å². The first kappa shape index (κ1) is 25.5. The average Bonchev–Trinajstić information content (AvgIpc) is 2.90. The van der Waals surface area contributed by atoms with Gasteiger partial charge in [-0.3, -0.25) is 0 Å². The minimum atomic E-state index is -0.349. The van der Waals surface area contributed by atoms with Gasteiger partial charge >= 0.3 is 0 Å². The SMILES string of the molecule is CCC[C@H]1O[C@H](COCc2ccccc2)[C@H](OCc2ccccc2)[C@H](OCc2ccccc2)[C@H]1N. The Balaban J connectivity index is 1.50. The van der Waals surface area contributed by atoms with Crippen LogP contribution < -0.4 is 5.73 Å². The Labute approximate surface area is 209 Å². The van der Waals surface area contributed by atoms with Gasteiger partial charge in [-0.1, -0.05) is 104 Å². The smallest absolute Gasteiger partial charge is 0.114 e. The van der Waals surface area contributed by atoms with Crippen LogP contribution >= 0.6 is 0 Å². The van der Waals surface area contributed by atoms with Gasteiger partial charge in [0.15, 0.2) is 0 Å². The van der Waals surface area contributed by atoms with Crippen LogP contribution in [0.3, 0.4) is 0 Å². The minimum Gasteiger partial charge on any atom is -0.374 e. The summed E-state index contributed by atoms with van der Waals surface area (Å²) < 4.78 is 25.6. The molecule has 1 heterocycles. The van der Waals surface area contributed by atoms with E-state index in [0.717, 1.165) is 29.5 Å². The standard InChI is InChI=1S/C30H37NO4/c1-2-12-26-28(31)30(34-21-25-17-10-5-11-18-25)29(33-20-24-15-8-4-9-16-24)27(35-26)22-32-19-23-13-6-3-7-14-23/h3-11,13-18,26-30H,2,12,19-22,31H2,1H3/t26-,27-,28+,29+,30-/m1/s1. The Bertz CT molecular complexity index is 969. The average molecular weight is 476 g/mol. The normalized spacial score (nSPS) is 24.3. The molecule has 5 atom stereocenters. The van der Waals surface area contributed by atoms with Crippen molar-refractivity contribution in [3.8, 4) is 0 Å². The van der Waals surface area contributed by atoms with Crippen LogP contribution in [0.15, 0.2) is 91.0 Å². The summed E-state index contributed by atoms with van der Waals surface area (Å²) >= 11 is 0. The minimum absolute atomic E-state index is 0.109. The van der Waals surface area contributed by atoms with Gasteiger partial charge in [0, 0.05) is 0 Å². The molecule has 1 aliphatic heterocycles. The molecule has 35 heavy (non-hydrogen) atoms. The number of hydrogen-bond acceptors (Lipinski definition) is 5. The van der Waals surface area contributed by atoms with Crippen molar-refractivity contribution in [3.05, 3.63) is 108 Å². The number of hydrogen-bond donors (Lipinski definition) is 1. The van der Waals surface area contributed by atoms with Gasteiger partial charge in [-0.2, -0.15) is 0 Å². The maximum atomic E-state index is 6.74. The van der Waals surface area contributed by atoms with E-state index in [1.54, 1.807) is 0 Å². The number of rotatable bonds is 12. The summed E-state index contributed by atoms with van der Waals surface area (Å²) in [4.78, 5) is 0. The van der Waals surface area contributed by atoms with Crippen molar-refractivity contribution in [1.82, 2.24) is 0 Å². The number of nitrogens with two attached hydrogens (primary N) is 1. The van der Waals surface area contributed by atoms with Crippen molar-refractivity contribution in [2.45, 2.75) is 70.0 Å². The van der Waals surface area contributed by atoms with Crippen LogP contribution in [0.5, 0.6) is 0 Å². The molecule has 186 valence electrons. The molecular weight excluding hydrogens is 438 g/mol. The molecule has 0 aliphatic carbocycles. The maximum Gasteiger partial charge on any atom is 0.114 e. The molecule has 5 nitrogen and oxygen atoms in total. The van der Waals surface area contributed by atoms with Crippen molar-refractivity contribution < 1.29 is 18.9 Å². The van der Waals surface area contributed by atoms with E-state index >= 15 is 0 Å². The molecule has 0 unspecified atom stereocenters. The summed E-state index contributed by atoms with van der Waals surface area (Å²) in [5, 5.41) is 0. The van der Waals surface area contributed by atoms with Crippen molar-refractivity contribution in [3.63, 3.8) is 0 Å². The third-order valence-electron chi connectivity index (χ3n) is 6.39. The summed E-state index contributed by atoms with van der Waals surface area (Å²) in [5.41, 5.74) is 10.1. The van der Waals surface area contributed by atoms with Gasteiger partial charge in [0.05, 0.1) is 38.6 Å². The van der Waals surface area contributed by atoms with Crippen molar-refractivity contribution in [2.24, 2.45) is 5.73 Å². The van der Waals surface area contributed by atoms with Gasteiger partial charge in [0.1, 0.15) is 18.3 Å². The highest BCUT2D eigenvalue weighted by molar-refractivity contribution is 5.15. The zero-order valence-electron chi connectivity index (χ0n) is 20.5. The molecule has 0 radical (unpaired) electrons. The summed E-state index contributed by atoms with van der Waals surface area (Å²) in [6, 6.07) is 30.2. The highest BCUT2D eigenvalue weighted by Crippen LogP contribution is 2.29. The monoisotopic (exact) mass is 475 g/mol. The van der Waals surface area contributed by atoms with E-state index in [9.17, 15) is 0 Å². The summed E-state index contributed by atoms with van der Waals surface area (Å²) in [6.07, 6.45) is 0.804. The zero-order valence-corrected chi connectivity index (χ0v) is 20.5. The maximum absolute atomic E-state index is 6.74. The topological polar surface area (TPSA) is 62.9 Å². The lowest BCUT2D eigenvalue weighted by Crippen LogP contribution is -2.63. The van der Waals surface area contributed by atoms with Crippen LogP contribution in [0.4, 0.5) is 0 Å². The van der Waals surface area contributed by atoms with E-state index in [-0.39, 0.29) is 30.5 Å². The van der Waals surface area contributed by atoms with E-state index in [1.165, 1.54) is 0 Å². The first-order chi connectivity index (χ1) is 17.2. The Hall–Kier alpha value is -2.54. The van der Waals surface area contributed by atoms with Crippen LogP contribution in [0.1, 0.15) is 36.5 Å². The first-order valence-electron chi connectivity index (χ1n) is 12.6. The molecule has 0 spiro atoms. The van der Waals surface area contributed by atoms with Crippen molar-refractivity contribution in [2.75, 3.05) is 6.61 Å². The summed E-state index contributed by atoms with van der Waals surface area (Å²) in [5.74, 6) is 0. The van der Waals surface area contributed by atoms with E-state index in [0.29, 0.717) is 26.4 Å². The molecular formula is C30H37NO4. The predicted octanol–water partition coefficient (Wildman–Crippen LogP) is 5.27. The van der Waals surface area contributed by atoms with Crippen LogP contribution in [0, 0.1) is 0 Å². The van der Waals surface area contributed by atoms with E-state index < -0.39 is 0 Å². The molecule has 0 bridgehead atoms. The number of ether oxygens (including phenoxy) is 4. The lowest BCUT2D eigenvalue weighted by Gasteiger charge is -2.45. The molecule has 0 amide bonds. The lowest BCUT2D eigenvalue weighted by molar-refractivity contribution is -0.229. The molecule has 3 aromatic rings. The van der Waals surface area contributed by atoms with Gasteiger partial charge in [0.2, 0.25) is 0 Å². The highest BCUT2D eigenvalue weighted by atomic mass is 16.6. The summed E-state index contributed by atoms with van der Waals surface area (Å²) in [6.45, 7) is 4.01. The third-order valence-corrected chi connectivity index (χ3v) is 6.39. The molecule has 1 saturated heterocycles. The Morgan fingerprint density at radius 1 is 0.657 bits per heavy atom. The van der Waals surface area contributed by atoms with Gasteiger partial charge in [-0.05, 0) is 23.1 Å². The molecule has 4 rings (SSSR count). The van der Waals surface area contributed by atoms with Crippen LogP contribution in [-0.4, -0.2) is 37.1 Å². The second-order valence-corrected chi connectivity index (χ2v) is 9.10. The second-order valence-electron chi connectivity index (χ2n) is 9.10. The van der Waals surface area contributed by atoms with Gasteiger partial charge in [-0.15, -0.1) is 0 Å². The fourth-order valence-corrected chi connectivity index (χ4v) is 4.52. The Morgan fingerprint density at radius 2 is 1.14 bits per heavy atom. The second kappa shape index (κ2) is 13.5. The molecule has 5 heteroatoms. The zero-order chi connectivity index (χ0) is 24.3. The molecule has 0 saturated carbocycles. The first-order valence-corrected chi connectivity index (χ1v) is 12.6. The van der Waals surface area contributed by atoms with Crippen LogP contribution in [0.2, 0.25) is 0 Å². The third kappa shape index (κ3) is 7.47. The number of benzene rings is 3. The lowest BCUT2D eigenvalue weighted by atomic mass is 9.90. The van der Waals surface area contributed by atoms with Crippen molar-refractivity contribution in [1.29, 1.82) is 0 Å². The fourth-order valence-electron chi connectivity index (χ4n) is 4.52. The van der Waals surface area contributed by atoms with E-state index in [2.05, 4.69) is 43.3 Å². The molecule has 1 aliphatic rings. The largest absolute Gasteiger partial charge is 0.374 e. The van der Waals surface area contributed by atoms with Gasteiger partial charge in [-0.25, -0.2) is 0 Å². The summed E-state index contributed by atoms with van der Waals surface area (Å²) in [7, 11) is 0. The van der Waals surface area contributed by atoms with Gasteiger partial charge in [0.25, 0.3) is 0 Å². The molecule has 3 aromatic carbocycles.